The van der Waals surface area contributed by atoms with E-state index in [2.05, 4.69) is 10.3 Å². The van der Waals surface area contributed by atoms with Gasteiger partial charge in [0.2, 0.25) is 5.91 Å². The van der Waals surface area contributed by atoms with Crippen LogP contribution >= 0.6 is 0 Å². The van der Waals surface area contributed by atoms with Crippen LogP contribution in [0.25, 0.3) is 10.9 Å². The van der Waals surface area contributed by atoms with E-state index in [1.807, 2.05) is 13.8 Å². The zero-order valence-electron chi connectivity index (χ0n) is 27.5. The number of ketones is 3. The number of halogens is 3. The number of ether oxygens (including phenoxy) is 2. The van der Waals surface area contributed by atoms with Crippen LogP contribution in [0.1, 0.15) is 90.8 Å². The SMILES string of the molecule is COc1cccc2[nH]c(C(=O)C[C@@H](CC(C)C)C(=O)N[C@@H](C[C@@H]3CCCCC3=O)C(=O)COC(=O)c3c(C)cccc3C(F)(F)F)cc12. The van der Waals surface area contributed by atoms with Gasteiger partial charge >= 0.3 is 12.1 Å². The third kappa shape index (κ3) is 8.90. The van der Waals surface area contributed by atoms with Gasteiger partial charge in [-0.3, -0.25) is 19.2 Å². The monoisotopic (exact) mass is 670 g/mol. The second-order valence-electron chi connectivity index (χ2n) is 12.8. The third-order valence-corrected chi connectivity index (χ3v) is 8.74. The van der Waals surface area contributed by atoms with Gasteiger partial charge in [0.1, 0.15) is 11.5 Å². The van der Waals surface area contributed by atoms with Gasteiger partial charge in [-0.25, -0.2) is 4.79 Å². The molecule has 2 aromatic carbocycles. The quantitative estimate of drug-likeness (QED) is 0.143. The number of H-pyrrole nitrogens is 1. The lowest BCUT2D eigenvalue weighted by molar-refractivity contribution is -0.138. The minimum atomic E-state index is -4.83. The van der Waals surface area contributed by atoms with Gasteiger partial charge in [0, 0.05) is 35.6 Å². The van der Waals surface area contributed by atoms with Crippen LogP contribution in [0, 0.1) is 24.7 Å². The van der Waals surface area contributed by atoms with Crippen LogP contribution in [0.4, 0.5) is 13.2 Å². The van der Waals surface area contributed by atoms with Gasteiger partial charge in [0.15, 0.2) is 18.2 Å². The van der Waals surface area contributed by atoms with E-state index in [9.17, 15) is 37.1 Å². The Bertz CT molecular complexity index is 1680. The Balaban J connectivity index is 1.53. The predicted octanol–water partition coefficient (Wildman–Crippen LogP) is 6.80. The summed E-state index contributed by atoms with van der Waals surface area (Å²) in [6.07, 6.45) is -2.43. The van der Waals surface area contributed by atoms with Gasteiger partial charge in [-0.2, -0.15) is 13.2 Å². The fourth-order valence-corrected chi connectivity index (χ4v) is 6.28. The number of rotatable bonds is 14. The summed E-state index contributed by atoms with van der Waals surface area (Å²) in [4.78, 5) is 69.3. The zero-order valence-corrected chi connectivity index (χ0v) is 27.5. The van der Waals surface area contributed by atoms with E-state index in [0.29, 0.717) is 42.3 Å². The van der Waals surface area contributed by atoms with E-state index in [1.165, 1.54) is 26.2 Å². The number of hydrogen-bond acceptors (Lipinski definition) is 7. The van der Waals surface area contributed by atoms with E-state index < -0.39 is 59.4 Å². The fourth-order valence-electron chi connectivity index (χ4n) is 6.28. The van der Waals surface area contributed by atoms with Gasteiger partial charge in [-0.05, 0) is 68.4 Å². The highest BCUT2D eigenvalue weighted by Gasteiger charge is 2.37. The summed E-state index contributed by atoms with van der Waals surface area (Å²) in [5.41, 5.74) is -0.890. The molecule has 1 fully saturated rings. The molecule has 0 radical (unpaired) electrons. The average molecular weight is 671 g/mol. The number of aryl methyl sites for hydroxylation is 1. The van der Waals surface area contributed by atoms with Crippen molar-refractivity contribution in [1.29, 1.82) is 0 Å². The Morgan fingerprint density at radius 2 is 1.79 bits per heavy atom. The second kappa shape index (κ2) is 15.6. The van der Waals surface area contributed by atoms with Crippen LogP contribution in [0.2, 0.25) is 0 Å². The number of esters is 1. The number of fused-ring (bicyclic) bond motifs is 1. The zero-order chi connectivity index (χ0) is 35.2. The van der Waals surface area contributed by atoms with Crippen LogP contribution in [0.3, 0.4) is 0 Å². The molecule has 2 N–H and O–H groups in total. The van der Waals surface area contributed by atoms with E-state index in [0.717, 1.165) is 12.5 Å². The van der Waals surface area contributed by atoms with Crippen molar-refractivity contribution in [3.05, 3.63) is 64.8 Å². The van der Waals surface area contributed by atoms with Gasteiger partial charge in [0.25, 0.3) is 0 Å². The Morgan fingerprint density at radius 3 is 2.46 bits per heavy atom. The maximum Gasteiger partial charge on any atom is 0.417 e. The van der Waals surface area contributed by atoms with Crippen LogP contribution < -0.4 is 10.1 Å². The molecule has 0 aliphatic heterocycles. The second-order valence-corrected chi connectivity index (χ2v) is 12.8. The molecule has 3 atom stereocenters. The molecule has 1 aliphatic carbocycles. The Hall–Kier alpha value is -4.48. The topological polar surface area (TPSA) is 132 Å². The first-order chi connectivity index (χ1) is 22.7. The van der Waals surface area contributed by atoms with Crippen LogP contribution in [0.15, 0.2) is 42.5 Å². The lowest BCUT2D eigenvalue weighted by atomic mass is 9.82. The minimum absolute atomic E-state index is 0.00308. The average Bonchev–Trinajstić information content (AvgIpc) is 3.48. The van der Waals surface area contributed by atoms with Crippen molar-refractivity contribution >= 4 is 40.1 Å². The molecule has 1 saturated carbocycles. The van der Waals surface area contributed by atoms with E-state index >= 15 is 0 Å². The van der Waals surface area contributed by atoms with E-state index in [-0.39, 0.29) is 41.6 Å². The van der Waals surface area contributed by atoms with Gasteiger partial charge in [0.05, 0.1) is 30.0 Å². The molecule has 3 aromatic rings. The molecular formula is C36H41F3N2O7. The Kier molecular flexibility index (Phi) is 11.8. The summed E-state index contributed by atoms with van der Waals surface area (Å²) >= 11 is 0. The van der Waals surface area contributed by atoms with Crippen molar-refractivity contribution < 1.29 is 46.6 Å². The number of carbonyl (C=O) groups is 5. The number of methoxy groups -OCH3 is 1. The molecule has 0 spiro atoms. The largest absolute Gasteiger partial charge is 0.496 e. The van der Waals surface area contributed by atoms with Crippen molar-refractivity contribution in [3.8, 4) is 5.75 Å². The van der Waals surface area contributed by atoms with Gasteiger partial charge in [-0.15, -0.1) is 0 Å². The molecule has 1 aromatic heterocycles. The molecule has 0 bridgehead atoms. The van der Waals surface area contributed by atoms with Crippen molar-refractivity contribution in [1.82, 2.24) is 10.3 Å². The number of Topliss-reactive ketones (excluding diaryl/α,β-unsaturated/α-hetero) is 3. The summed E-state index contributed by atoms with van der Waals surface area (Å²) in [6, 6.07) is 8.99. The van der Waals surface area contributed by atoms with Gasteiger partial charge in [-0.1, -0.05) is 38.5 Å². The number of hydrogen-bond donors (Lipinski definition) is 2. The van der Waals surface area contributed by atoms with Crippen LogP contribution in [0.5, 0.6) is 5.75 Å². The first-order valence-corrected chi connectivity index (χ1v) is 16.1. The number of benzene rings is 2. The highest BCUT2D eigenvalue weighted by atomic mass is 19.4. The Morgan fingerprint density at radius 1 is 1.06 bits per heavy atom. The Labute approximate surface area is 276 Å². The molecule has 48 heavy (non-hydrogen) atoms. The molecule has 1 aliphatic rings. The highest BCUT2D eigenvalue weighted by molar-refractivity contribution is 6.03. The number of alkyl halides is 3. The molecule has 9 nitrogen and oxygen atoms in total. The van der Waals surface area contributed by atoms with Crippen molar-refractivity contribution in [2.45, 2.75) is 77.9 Å². The lowest BCUT2D eigenvalue weighted by Gasteiger charge is -2.27. The first kappa shape index (κ1) is 36.4. The summed E-state index contributed by atoms with van der Waals surface area (Å²) < 4.78 is 51.3. The summed E-state index contributed by atoms with van der Waals surface area (Å²) in [7, 11) is 1.52. The fraction of sp³-hybridized carbons (Fsp3) is 0.472. The maximum absolute atomic E-state index is 13.8. The van der Waals surface area contributed by atoms with E-state index in [4.69, 9.17) is 9.47 Å². The van der Waals surface area contributed by atoms with Crippen LogP contribution in [-0.2, 0) is 25.3 Å². The lowest BCUT2D eigenvalue weighted by Crippen LogP contribution is -2.47. The van der Waals surface area contributed by atoms with E-state index in [1.54, 1.807) is 24.3 Å². The van der Waals surface area contributed by atoms with Crippen molar-refractivity contribution in [2.24, 2.45) is 17.8 Å². The molecule has 12 heteroatoms. The standard InChI is InChI=1S/C36H41F3N2O7/c1-20(2)15-23(17-30(43)28-18-24-26(40-28)12-8-14-32(24)47-4)34(45)41-27(16-22-10-5-6-13-29(22)42)31(44)19-48-35(46)33-21(3)9-7-11-25(33)36(37,38)39/h7-9,11-12,14,18,20,22-23,27,40H,5-6,10,13,15-17,19H2,1-4H3,(H,41,45)/t22-,23+,27-/m0/s1. The number of nitrogens with one attached hydrogen (secondary N) is 2. The maximum atomic E-state index is 13.8. The first-order valence-electron chi connectivity index (χ1n) is 16.1. The molecule has 0 unspecified atom stereocenters. The number of aromatic nitrogens is 1. The molecule has 258 valence electrons. The van der Waals surface area contributed by atoms with Crippen molar-refractivity contribution in [3.63, 3.8) is 0 Å². The molecule has 4 rings (SSSR count). The third-order valence-electron chi connectivity index (χ3n) is 8.74. The van der Waals surface area contributed by atoms with Crippen LogP contribution in [-0.4, -0.2) is 54.0 Å². The highest BCUT2D eigenvalue weighted by Crippen LogP contribution is 2.34. The molecule has 1 amide bonds. The molecule has 0 saturated heterocycles. The number of aromatic amines is 1. The molecular weight excluding hydrogens is 629 g/mol. The number of amides is 1. The predicted molar refractivity (Wildman–Crippen MR) is 172 cm³/mol. The van der Waals surface area contributed by atoms with Gasteiger partial charge < -0.3 is 19.8 Å². The smallest absolute Gasteiger partial charge is 0.417 e. The van der Waals surface area contributed by atoms with Crippen molar-refractivity contribution in [2.75, 3.05) is 13.7 Å². The normalized spacial score (nSPS) is 16.4. The minimum Gasteiger partial charge on any atom is -0.496 e. The molecule has 1 heterocycles. The summed E-state index contributed by atoms with van der Waals surface area (Å²) in [6.45, 7) is 4.19. The summed E-state index contributed by atoms with van der Waals surface area (Å²) in [5.74, 6) is -3.85. The summed E-state index contributed by atoms with van der Waals surface area (Å²) in [5, 5.41) is 3.41. The number of carbonyl (C=O) groups excluding carboxylic acids is 5.